The first-order valence-electron chi connectivity index (χ1n) is 8.15. The average molecular weight is 397 g/mol. The molecule has 0 aliphatic rings. The van der Waals surface area contributed by atoms with Crippen LogP contribution in [0.15, 0.2) is 53.4 Å². The number of anilines is 1. The third-order valence-corrected chi connectivity index (χ3v) is 5.27. The van der Waals surface area contributed by atoms with Crippen molar-refractivity contribution in [3.05, 3.63) is 53.6 Å². The van der Waals surface area contributed by atoms with Crippen molar-refractivity contribution in [1.29, 1.82) is 0 Å². The van der Waals surface area contributed by atoms with Gasteiger partial charge < -0.3 is 10.1 Å². The van der Waals surface area contributed by atoms with Crippen LogP contribution < -0.4 is 14.8 Å². The number of hydrogen-bond donors (Lipinski definition) is 2. The lowest BCUT2D eigenvalue weighted by Crippen LogP contribution is -2.30. The van der Waals surface area contributed by atoms with Crippen LogP contribution in [0.3, 0.4) is 0 Å². The molecule has 2 aromatic carbocycles. The second-order valence-corrected chi connectivity index (χ2v) is 7.78. The maximum absolute atomic E-state index is 12.2. The van der Waals surface area contributed by atoms with Gasteiger partial charge in [-0.3, -0.25) is 4.79 Å². The number of carbonyl (C=O) groups is 1. The largest absolute Gasteiger partial charge is 0.479 e. The molecular weight excluding hydrogens is 376 g/mol. The number of halogens is 1. The first-order chi connectivity index (χ1) is 12.3. The van der Waals surface area contributed by atoms with Gasteiger partial charge in [0.25, 0.3) is 5.91 Å². The van der Waals surface area contributed by atoms with Gasteiger partial charge in [0.1, 0.15) is 5.75 Å². The molecule has 8 heteroatoms. The number of nitrogens with one attached hydrogen (secondary N) is 2. The van der Waals surface area contributed by atoms with E-state index in [-0.39, 0.29) is 10.8 Å². The number of carbonyl (C=O) groups excluding carboxylic acids is 1. The zero-order valence-corrected chi connectivity index (χ0v) is 16.1. The molecule has 0 saturated carbocycles. The van der Waals surface area contributed by atoms with Crippen molar-refractivity contribution in [3.8, 4) is 5.75 Å². The van der Waals surface area contributed by atoms with E-state index < -0.39 is 16.1 Å². The third kappa shape index (κ3) is 5.45. The fourth-order valence-electron chi connectivity index (χ4n) is 2.07. The molecule has 1 amide bonds. The van der Waals surface area contributed by atoms with Crippen LogP contribution in [-0.2, 0) is 14.8 Å². The molecule has 0 aliphatic carbocycles. The second kappa shape index (κ2) is 9.02. The third-order valence-electron chi connectivity index (χ3n) is 3.48. The molecule has 0 bridgehead atoms. The summed E-state index contributed by atoms with van der Waals surface area (Å²) in [4.78, 5) is 12.4. The molecule has 140 valence electrons. The first kappa shape index (κ1) is 20.2. The molecule has 0 aromatic heterocycles. The van der Waals surface area contributed by atoms with Gasteiger partial charge in [-0.1, -0.05) is 30.7 Å². The Hall–Kier alpha value is -2.09. The Bertz CT molecular complexity index is 854. The highest BCUT2D eigenvalue weighted by Crippen LogP contribution is 2.24. The fourth-order valence-corrected chi connectivity index (χ4v) is 3.38. The summed E-state index contributed by atoms with van der Waals surface area (Å²) in [7, 11) is -3.53. The molecule has 0 radical (unpaired) electrons. The molecule has 0 saturated heterocycles. The minimum absolute atomic E-state index is 0.143. The molecule has 26 heavy (non-hydrogen) atoms. The molecule has 0 spiro atoms. The van der Waals surface area contributed by atoms with E-state index in [4.69, 9.17) is 16.3 Å². The Morgan fingerprint density at radius 2 is 1.81 bits per heavy atom. The van der Waals surface area contributed by atoms with E-state index >= 15 is 0 Å². The minimum Gasteiger partial charge on any atom is -0.479 e. The highest BCUT2D eigenvalue weighted by molar-refractivity contribution is 7.89. The van der Waals surface area contributed by atoms with Gasteiger partial charge in [-0.25, -0.2) is 13.1 Å². The summed E-state index contributed by atoms with van der Waals surface area (Å²) >= 11 is 6.01. The van der Waals surface area contributed by atoms with E-state index in [0.717, 1.165) is 0 Å². The summed E-state index contributed by atoms with van der Waals surface area (Å²) in [5.41, 5.74) is 0.471. The quantitative estimate of drug-likeness (QED) is 0.715. The lowest BCUT2D eigenvalue weighted by molar-refractivity contribution is -0.122. The van der Waals surface area contributed by atoms with Crippen molar-refractivity contribution in [2.75, 3.05) is 11.9 Å². The van der Waals surface area contributed by atoms with Gasteiger partial charge in [-0.15, -0.1) is 0 Å². The molecule has 0 heterocycles. The van der Waals surface area contributed by atoms with Crippen LogP contribution in [0.4, 0.5) is 5.69 Å². The molecule has 1 atom stereocenters. The zero-order chi connectivity index (χ0) is 19.2. The maximum Gasteiger partial charge on any atom is 0.265 e. The smallest absolute Gasteiger partial charge is 0.265 e. The van der Waals surface area contributed by atoms with Crippen LogP contribution in [0, 0.1) is 0 Å². The Morgan fingerprint density at radius 1 is 1.15 bits per heavy atom. The van der Waals surface area contributed by atoms with Gasteiger partial charge in [-0.2, -0.15) is 0 Å². The summed E-state index contributed by atoms with van der Waals surface area (Å²) in [6, 6.07) is 12.8. The monoisotopic (exact) mass is 396 g/mol. The fraction of sp³-hybridized carbons (Fsp3) is 0.278. The molecule has 1 unspecified atom stereocenters. The highest BCUT2D eigenvalue weighted by Gasteiger charge is 2.17. The van der Waals surface area contributed by atoms with Crippen LogP contribution in [0.5, 0.6) is 5.75 Å². The number of para-hydroxylation sites is 1. The molecule has 2 rings (SSSR count). The van der Waals surface area contributed by atoms with Gasteiger partial charge in [0.05, 0.1) is 9.92 Å². The van der Waals surface area contributed by atoms with Crippen molar-refractivity contribution in [1.82, 2.24) is 4.72 Å². The number of rotatable bonds is 8. The predicted molar refractivity (Wildman–Crippen MR) is 102 cm³/mol. The molecule has 2 aromatic rings. The van der Waals surface area contributed by atoms with Gasteiger partial charge in [0.15, 0.2) is 6.10 Å². The number of hydrogen-bond acceptors (Lipinski definition) is 4. The molecule has 0 aliphatic heterocycles. The lowest BCUT2D eigenvalue weighted by atomic mass is 10.3. The Kier molecular flexibility index (Phi) is 7.02. The Morgan fingerprint density at radius 3 is 2.42 bits per heavy atom. The van der Waals surface area contributed by atoms with Crippen LogP contribution >= 0.6 is 11.6 Å². The van der Waals surface area contributed by atoms with Gasteiger partial charge in [0.2, 0.25) is 10.0 Å². The predicted octanol–water partition coefficient (Wildman–Crippen LogP) is 3.43. The van der Waals surface area contributed by atoms with Crippen molar-refractivity contribution in [3.63, 3.8) is 0 Å². The van der Waals surface area contributed by atoms with Crippen LogP contribution in [0.2, 0.25) is 5.02 Å². The van der Waals surface area contributed by atoms with E-state index in [1.54, 1.807) is 31.2 Å². The van der Waals surface area contributed by atoms with Crippen LogP contribution in [0.1, 0.15) is 20.3 Å². The standard InChI is InChI=1S/C18H21ClN2O4S/c1-3-12-20-26(23,24)15-10-8-14(9-11-15)21-18(22)13(2)25-17-7-5-4-6-16(17)19/h4-11,13,20H,3,12H2,1-2H3,(H,21,22). The van der Waals surface area contributed by atoms with Crippen LogP contribution in [-0.4, -0.2) is 27.0 Å². The number of sulfonamides is 1. The van der Waals surface area contributed by atoms with E-state index in [2.05, 4.69) is 10.0 Å². The maximum atomic E-state index is 12.2. The second-order valence-electron chi connectivity index (χ2n) is 5.60. The Labute approximate surface area is 158 Å². The van der Waals surface area contributed by atoms with E-state index in [0.29, 0.717) is 29.4 Å². The van der Waals surface area contributed by atoms with Crippen LogP contribution in [0.25, 0.3) is 0 Å². The normalized spacial score (nSPS) is 12.4. The first-order valence-corrected chi connectivity index (χ1v) is 10.0. The molecule has 6 nitrogen and oxygen atoms in total. The highest BCUT2D eigenvalue weighted by atomic mass is 35.5. The van der Waals surface area contributed by atoms with E-state index in [1.165, 1.54) is 24.3 Å². The summed E-state index contributed by atoms with van der Waals surface area (Å²) in [5, 5.41) is 3.10. The minimum atomic E-state index is -3.53. The number of benzene rings is 2. The van der Waals surface area contributed by atoms with Crippen molar-refractivity contribution in [2.24, 2.45) is 0 Å². The Balaban J connectivity index is 2.00. The van der Waals surface area contributed by atoms with Crippen molar-refractivity contribution < 1.29 is 17.9 Å². The van der Waals surface area contributed by atoms with Crippen molar-refractivity contribution in [2.45, 2.75) is 31.3 Å². The SMILES string of the molecule is CCCNS(=O)(=O)c1ccc(NC(=O)C(C)Oc2ccccc2Cl)cc1. The number of ether oxygens (including phenoxy) is 1. The van der Waals surface area contributed by atoms with Crippen molar-refractivity contribution >= 4 is 33.2 Å². The number of amides is 1. The summed E-state index contributed by atoms with van der Waals surface area (Å²) in [5.74, 6) is 0.0462. The van der Waals surface area contributed by atoms with E-state index in [1.807, 2.05) is 6.92 Å². The summed E-state index contributed by atoms with van der Waals surface area (Å²) in [6.45, 7) is 3.86. The molecule has 2 N–H and O–H groups in total. The molecular formula is C18H21ClN2O4S. The molecule has 0 fully saturated rings. The lowest BCUT2D eigenvalue weighted by Gasteiger charge is -2.15. The van der Waals surface area contributed by atoms with E-state index in [9.17, 15) is 13.2 Å². The van der Waals surface area contributed by atoms with Gasteiger partial charge in [0, 0.05) is 12.2 Å². The summed E-state index contributed by atoms with van der Waals surface area (Å²) < 4.78 is 32.1. The topological polar surface area (TPSA) is 84.5 Å². The van der Waals surface area contributed by atoms with Gasteiger partial charge >= 0.3 is 0 Å². The average Bonchev–Trinajstić information content (AvgIpc) is 2.62. The van der Waals surface area contributed by atoms with Gasteiger partial charge in [-0.05, 0) is 49.7 Å². The zero-order valence-electron chi connectivity index (χ0n) is 14.5. The summed E-state index contributed by atoms with van der Waals surface area (Å²) in [6.07, 6.45) is -0.0685.